The van der Waals surface area contributed by atoms with Crippen molar-refractivity contribution < 1.29 is 14.3 Å². The van der Waals surface area contributed by atoms with Crippen LogP contribution in [0, 0.1) is 0 Å². The molecular weight excluding hydrogens is 482 g/mol. The van der Waals surface area contributed by atoms with E-state index in [0.29, 0.717) is 25.7 Å². The number of hydrogen-bond donors (Lipinski definition) is 1. The molecule has 2 aliphatic rings. The molecule has 0 heterocycles. The molecule has 4 heteroatoms. The second kappa shape index (κ2) is 11.8. The van der Waals surface area contributed by atoms with Crippen LogP contribution in [0.2, 0.25) is 0 Å². The molecular formula is C35H47NO3. The van der Waals surface area contributed by atoms with Crippen molar-refractivity contribution in [2.45, 2.75) is 96.6 Å². The normalized spacial score (nSPS) is 21.4. The fourth-order valence-electron chi connectivity index (χ4n) is 5.77. The number of carbonyl (C=O) groups is 1. The van der Waals surface area contributed by atoms with Gasteiger partial charge >= 0.3 is 5.97 Å². The van der Waals surface area contributed by atoms with Crippen molar-refractivity contribution in [2.24, 2.45) is 0 Å². The summed E-state index contributed by atoms with van der Waals surface area (Å²) in [5.41, 5.74) is 6.97. The van der Waals surface area contributed by atoms with Crippen molar-refractivity contribution in [1.29, 1.82) is 0 Å². The third-order valence-corrected chi connectivity index (χ3v) is 8.39. The molecule has 210 valence electrons. The number of benzene rings is 2. The average molecular weight is 530 g/mol. The molecule has 1 atom stereocenters. The Kier molecular flexibility index (Phi) is 8.88. The van der Waals surface area contributed by atoms with Gasteiger partial charge in [0.25, 0.3) is 0 Å². The van der Waals surface area contributed by atoms with E-state index in [-0.39, 0.29) is 16.8 Å². The van der Waals surface area contributed by atoms with Gasteiger partial charge in [0.1, 0.15) is 0 Å². The molecule has 0 radical (unpaired) electrons. The zero-order valence-corrected chi connectivity index (χ0v) is 25.0. The van der Waals surface area contributed by atoms with E-state index >= 15 is 0 Å². The molecule has 2 aromatic rings. The van der Waals surface area contributed by atoms with Crippen LogP contribution in [0.1, 0.15) is 90.8 Å². The Balaban J connectivity index is 1.55. The third-order valence-electron chi connectivity index (χ3n) is 8.39. The maximum Gasteiger partial charge on any atom is 0.342 e. The lowest BCUT2D eigenvalue weighted by Gasteiger charge is -2.42. The molecule has 1 unspecified atom stereocenters. The van der Waals surface area contributed by atoms with E-state index in [1.165, 1.54) is 35.1 Å². The van der Waals surface area contributed by atoms with Gasteiger partial charge in [0, 0.05) is 19.1 Å². The summed E-state index contributed by atoms with van der Waals surface area (Å²) in [5, 5.41) is 3.40. The number of fused-ring (bicyclic) bond motifs is 1. The Labute approximate surface area is 235 Å². The van der Waals surface area contributed by atoms with Crippen molar-refractivity contribution in [1.82, 2.24) is 5.32 Å². The summed E-state index contributed by atoms with van der Waals surface area (Å²) >= 11 is 0. The SMILES string of the molecule is CCOC(=O)C1(OCCCNC(C)C)C=CC(c2cccc(-c3ccc4c(c3)C(C)(C)CCC4(C)C)c2)=CC1. The fraction of sp³-hybridized carbons (Fsp3) is 0.514. The molecule has 0 amide bonds. The second-order valence-corrected chi connectivity index (χ2v) is 12.7. The van der Waals surface area contributed by atoms with Gasteiger partial charge in [0.15, 0.2) is 5.60 Å². The van der Waals surface area contributed by atoms with Crippen LogP contribution in [0.5, 0.6) is 0 Å². The smallest absolute Gasteiger partial charge is 0.342 e. The molecule has 0 saturated carbocycles. The number of allylic oxidation sites excluding steroid dienone is 2. The van der Waals surface area contributed by atoms with Crippen LogP contribution in [-0.4, -0.2) is 37.4 Å². The summed E-state index contributed by atoms with van der Waals surface area (Å²) in [6, 6.07) is 16.2. The Morgan fingerprint density at radius 3 is 2.31 bits per heavy atom. The number of hydrogen-bond acceptors (Lipinski definition) is 4. The van der Waals surface area contributed by atoms with E-state index in [2.05, 4.69) is 95.4 Å². The Hall–Kier alpha value is -2.69. The van der Waals surface area contributed by atoms with Gasteiger partial charge in [-0.1, -0.05) is 90.1 Å². The number of ether oxygens (including phenoxy) is 2. The van der Waals surface area contributed by atoms with E-state index in [1.54, 1.807) is 0 Å². The Bertz CT molecular complexity index is 1240. The van der Waals surface area contributed by atoms with Gasteiger partial charge in [-0.3, -0.25) is 0 Å². The van der Waals surface area contributed by atoms with Crippen LogP contribution in [0.3, 0.4) is 0 Å². The summed E-state index contributed by atoms with van der Waals surface area (Å²) in [4.78, 5) is 12.9. The molecule has 39 heavy (non-hydrogen) atoms. The van der Waals surface area contributed by atoms with Crippen molar-refractivity contribution in [2.75, 3.05) is 19.8 Å². The van der Waals surface area contributed by atoms with Crippen molar-refractivity contribution >= 4 is 11.5 Å². The lowest BCUT2D eigenvalue weighted by atomic mass is 9.63. The van der Waals surface area contributed by atoms with Gasteiger partial charge in [0.2, 0.25) is 0 Å². The molecule has 0 saturated heterocycles. The zero-order chi connectivity index (χ0) is 28.3. The predicted octanol–water partition coefficient (Wildman–Crippen LogP) is 7.75. The molecule has 2 aliphatic carbocycles. The molecule has 4 nitrogen and oxygen atoms in total. The van der Waals surface area contributed by atoms with Crippen LogP contribution in [0.25, 0.3) is 16.7 Å². The van der Waals surface area contributed by atoms with E-state index in [0.717, 1.165) is 24.1 Å². The molecule has 4 rings (SSSR count). The van der Waals surface area contributed by atoms with E-state index in [4.69, 9.17) is 9.47 Å². The van der Waals surface area contributed by atoms with Crippen LogP contribution >= 0.6 is 0 Å². The second-order valence-electron chi connectivity index (χ2n) is 12.7. The largest absolute Gasteiger partial charge is 0.464 e. The molecule has 0 aromatic heterocycles. The van der Waals surface area contributed by atoms with Gasteiger partial charge in [-0.25, -0.2) is 4.79 Å². The molecule has 2 aromatic carbocycles. The maximum absolute atomic E-state index is 12.9. The summed E-state index contributed by atoms with van der Waals surface area (Å²) in [6.07, 6.45) is 9.74. The number of carbonyl (C=O) groups excluding carboxylic acids is 1. The molecule has 0 fully saturated rings. The van der Waals surface area contributed by atoms with E-state index in [1.807, 2.05) is 19.1 Å². The summed E-state index contributed by atoms with van der Waals surface area (Å²) in [6.45, 7) is 17.2. The monoisotopic (exact) mass is 529 g/mol. The van der Waals surface area contributed by atoms with E-state index < -0.39 is 5.60 Å². The summed E-state index contributed by atoms with van der Waals surface area (Å²) < 4.78 is 11.6. The van der Waals surface area contributed by atoms with Crippen LogP contribution in [0.15, 0.2) is 60.7 Å². The minimum Gasteiger partial charge on any atom is -0.464 e. The van der Waals surface area contributed by atoms with Crippen molar-refractivity contribution in [3.63, 3.8) is 0 Å². The summed E-state index contributed by atoms with van der Waals surface area (Å²) in [5.74, 6) is -0.318. The number of esters is 1. The van der Waals surface area contributed by atoms with Crippen LogP contribution < -0.4 is 5.32 Å². The highest BCUT2D eigenvalue weighted by atomic mass is 16.6. The predicted molar refractivity (Wildman–Crippen MR) is 162 cm³/mol. The highest BCUT2D eigenvalue weighted by Crippen LogP contribution is 2.47. The van der Waals surface area contributed by atoms with Gasteiger partial charge in [0.05, 0.1) is 6.61 Å². The van der Waals surface area contributed by atoms with Gasteiger partial charge in [-0.2, -0.15) is 0 Å². The minimum atomic E-state index is -1.06. The van der Waals surface area contributed by atoms with Gasteiger partial charge in [-0.05, 0) is 89.1 Å². The lowest BCUT2D eigenvalue weighted by Crippen LogP contribution is -2.42. The first-order chi connectivity index (χ1) is 18.5. The number of nitrogens with one attached hydrogen (secondary N) is 1. The first kappa shape index (κ1) is 29.3. The maximum atomic E-state index is 12.9. The average Bonchev–Trinajstić information content (AvgIpc) is 2.91. The van der Waals surface area contributed by atoms with Gasteiger partial charge < -0.3 is 14.8 Å². The highest BCUT2D eigenvalue weighted by Gasteiger charge is 2.40. The Morgan fingerprint density at radius 1 is 0.949 bits per heavy atom. The molecule has 1 N–H and O–H groups in total. The van der Waals surface area contributed by atoms with E-state index in [9.17, 15) is 4.79 Å². The first-order valence-electron chi connectivity index (χ1n) is 14.7. The third kappa shape index (κ3) is 6.56. The van der Waals surface area contributed by atoms with Crippen molar-refractivity contribution in [3.05, 3.63) is 77.4 Å². The molecule has 0 aliphatic heterocycles. The zero-order valence-electron chi connectivity index (χ0n) is 25.0. The number of rotatable bonds is 10. The van der Waals surface area contributed by atoms with Crippen molar-refractivity contribution in [3.8, 4) is 11.1 Å². The fourth-order valence-corrected chi connectivity index (χ4v) is 5.77. The summed E-state index contributed by atoms with van der Waals surface area (Å²) in [7, 11) is 0. The van der Waals surface area contributed by atoms with Gasteiger partial charge in [-0.15, -0.1) is 0 Å². The standard InChI is InChI=1S/C35H47NO3/c1-8-38-32(37)35(39-22-10-21-36-25(2)3)17-15-26(16-18-35)27-11-9-12-28(23-27)29-13-14-30-31(24-29)34(6,7)20-19-33(30,4)5/h9,11-17,23-25,36H,8,10,18-22H2,1-7H3. The quantitative estimate of drug-likeness (QED) is 0.252. The molecule has 0 spiro atoms. The first-order valence-corrected chi connectivity index (χ1v) is 14.7. The molecule has 0 bridgehead atoms. The van der Waals surface area contributed by atoms with Crippen LogP contribution in [-0.2, 0) is 25.1 Å². The lowest BCUT2D eigenvalue weighted by molar-refractivity contribution is -0.165. The Morgan fingerprint density at radius 2 is 1.64 bits per heavy atom. The highest BCUT2D eigenvalue weighted by molar-refractivity contribution is 5.87. The van der Waals surface area contributed by atoms with Crippen LogP contribution in [0.4, 0.5) is 0 Å². The topological polar surface area (TPSA) is 47.6 Å². The minimum absolute atomic E-state index is 0.175.